The molecule has 7 heteroatoms. The predicted molar refractivity (Wildman–Crippen MR) is 128 cm³/mol. The Balaban J connectivity index is 1.24. The van der Waals surface area contributed by atoms with E-state index in [9.17, 15) is 4.79 Å². The molecule has 0 aromatic heterocycles. The number of morpholine rings is 1. The van der Waals surface area contributed by atoms with Gasteiger partial charge in [0, 0.05) is 12.6 Å². The van der Waals surface area contributed by atoms with Gasteiger partial charge in [-0.05, 0) is 43.0 Å². The summed E-state index contributed by atoms with van der Waals surface area (Å²) in [6, 6.07) is 17.5. The lowest BCUT2D eigenvalue weighted by Crippen LogP contribution is -2.44. The molecule has 0 saturated carbocycles. The first-order chi connectivity index (χ1) is 16.7. The van der Waals surface area contributed by atoms with Crippen LogP contribution in [-0.4, -0.2) is 49.9 Å². The fraction of sp³-hybridized carbons (Fsp3) is 0.481. The van der Waals surface area contributed by atoms with Crippen molar-refractivity contribution in [3.63, 3.8) is 0 Å². The van der Waals surface area contributed by atoms with Crippen LogP contribution < -0.4 is 14.8 Å². The first kappa shape index (κ1) is 24.1. The Bertz CT molecular complexity index is 991. The molecule has 3 atom stereocenters. The van der Waals surface area contributed by atoms with Crippen molar-refractivity contribution in [3.05, 3.63) is 59.7 Å². The van der Waals surface area contributed by atoms with Crippen molar-refractivity contribution in [2.45, 2.75) is 44.9 Å². The van der Waals surface area contributed by atoms with E-state index in [1.54, 1.807) is 18.2 Å². The van der Waals surface area contributed by atoms with Crippen LogP contribution in [0.4, 0.5) is 0 Å². The monoisotopic (exact) mass is 463 g/mol. The third-order valence-electron chi connectivity index (χ3n) is 6.48. The fourth-order valence-electron chi connectivity index (χ4n) is 4.57. The molecule has 0 spiro atoms. The minimum atomic E-state index is -0.240. The van der Waals surface area contributed by atoms with Gasteiger partial charge in [-0.25, -0.2) is 0 Å². The van der Waals surface area contributed by atoms with Gasteiger partial charge in [0.25, 0.3) is 0 Å². The number of nitrogens with one attached hydrogen (secondary N) is 1. The summed E-state index contributed by atoms with van der Waals surface area (Å²) < 4.78 is 17.5. The van der Waals surface area contributed by atoms with Crippen LogP contribution in [-0.2, 0) is 9.53 Å². The molecule has 34 heavy (non-hydrogen) atoms. The molecule has 2 aromatic rings. The van der Waals surface area contributed by atoms with Crippen LogP contribution in [0.2, 0.25) is 0 Å². The van der Waals surface area contributed by atoms with Crippen molar-refractivity contribution in [2.75, 3.05) is 32.8 Å². The quantitative estimate of drug-likeness (QED) is 0.573. The Morgan fingerprint density at radius 3 is 2.79 bits per heavy atom. The Kier molecular flexibility index (Phi) is 8.40. The Hall–Kier alpha value is -3.08. The maximum absolute atomic E-state index is 12.4. The van der Waals surface area contributed by atoms with Gasteiger partial charge < -0.3 is 19.1 Å². The number of ether oxygens (including phenoxy) is 3. The molecule has 1 amide bonds. The summed E-state index contributed by atoms with van der Waals surface area (Å²) in [5.74, 6) is 1.87. The average Bonchev–Trinajstić information content (AvgIpc) is 2.88. The highest BCUT2D eigenvalue weighted by Crippen LogP contribution is 2.32. The van der Waals surface area contributed by atoms with E-state index >= 15 is 0 Å². The number of carbonyl (C=O) groups excluding carboxylic acids is 1. The Morgan fingerprint density at radius 1 is 1.15 bits per heavy atom. The summed E-state index contributed by atoms with van der Waals surface area (Å²) in [5, 5.41) is 12.5. The number of benzene rings is 2. The van der Waals surface area contributed by atoms with Crippen molar-refractivity contribution >= 4 is 5.91 Å². The van der Waals surface area contributed by atoms with Gasteiger partial charge in [-0.1, -0.05) is 50.1 Å². The maximum atomic E-state index is 12.4. The van der Waals surface area contributed by atoms with E-state index in [-0.39, 0.29) is 24.8 Å². The molecule has 4 rings (SSSR count). The molecule has 0 bridgehead atoms. The number of nitrogens with zero attached hydrogens (tertiary/aromatic N) is 2. The number of carbonyl (C=O) groups is 1. The summed E-state index contributed by atoms with van der Waals surface area (Å²) in [4.78, 5) is 14.4. The molecule has 2 aliphatic rings. The number of fused-ring (bicyclic) bond motifs is 1. The Labute approximate surface area is 201 Å². The van der Waals surface area contributed by atoms with Crippen molar-refractivity contribution < 1.29 is 19.0 Å². The van der Waals surface area contributed by atoms with E-state index in [2.05, 4.69) is 30.4 Å². The molecule has 2 heterocycles. The summed E-state index contributed by atoms with van der Waals surface area (Å²) in [5.41, 5.74) is 1.67. The molecule has 2 aliphatic heterocycles. The lowest BCUT2D eigenvalue weighted by Gasteiger charge is -2.34. The molecule has 1 unspecified atom stereocenters. The molecule has 1 fully saturated rings. The van der Waals surface area contributed by atoms with Gasteiger partial charge in [0.05, 0.1) is 18.2 Å². The largest absolute Gasteiger partial charge is 0.484 e. The van der Waals surface area contributed by atoms with Crippen LogP contribution in [0.1, 0.15) is 49.8 Å². The van der Waals surface area contributed by atoms with Gasteiger partial charge in [-0.2, -0.15) is 5.26 Å². The van der Waals surface area contributed by atoms with Gasteiger partial charge in [-0.15, -0.1) is 0 Å². The highest BCUT2D eigenvalue weighted by atomic mass is 16.6. The standard InChI is InChI=1S/C27H33N3O4/c1-2-6-20(11-13-29-26-18-32-23-10-9-21(16-28)15-24(23)34-26)12-14-30-17-25(33-19-27(30)31)22-7-4-3-5-8-22/h3-5,7-10,15,20,25-26,29H,2,6,11-14,17-19H2,1H3/t20?,25-,26+/m0/s1. The van der Waals surface area contributed by atoms with E-state index in [0.29, 0.717) is 36.1 Å². The van der Waals surface area contributed by atoms with Crippen molar-refractivity contribution in [3.8, 4) is 17.6 Å². The molecule has 7 nitrogen and oxygen atoms in total. The van der Waals surface area contributed by atoms with Gasteiger partial charge in [0.15, 0.2) is 17.7 Å². The average molecular weight is 464 g/mol. The normalized spacial score (nSPS) is 20.6. The molecular weight excluding hydrogens is 430 g/mol. The lowest BCUT2D eigenvalue weighted by molar-refractivity contribution is -0.149. The second kappa shape index (κ2) is 11.9. The fourth-order valence-corrected chi connectivity index (χ4v) is 4.57. The summed E-state index contributed by atoms with van der Waals surface area (Å²) >= 11 is 0. The zero-order valence-electron chi connectivity index (χ0n) is 19.7. The van der Waals surface area contributed by atoms with Gasteiger partial charge in [-0.3, -0.25) is 10.1 Å². The van der Waals surface area contributed by atoms with Gasteiger partial charge in [0.2, 0.25) is 5.91 Å². The predicted octanol–water partition coefficient (Wildman–Crippen LogP) is 4.04. The van der Waals surface area contributed by atoms with Gasteiger partial charge >= 0.3 is 0 Å². The van der Waals surface area contributed by atoms with E-state index in [1.807, 2.05) is 23.1 Å². The number of hydrogen-bond donors (Lipinski definition) is 1. The summed E-state index contributed by atoms with van der Waals surface area (Å²) in [6.45, 7) is 4.94. The smallest absolute Gasteiger partial charge is 0.248 e. The van der Waals surface area contributed by atoms with Crippen molar-refractivity contribution in [1.29, 1.82) is 5.26 Å². The van der Waals surface area contributed by atoms with E-state index in [1.165, 1.54) is 0 Å². The first-order valence-electron chi connectivity index (χ1n) is 12.2. The highest BCUT2D eigenvalue weighted by molar-refractivity contribution is 5.78. The number of nitriles is 1. The van der Waals surface area contributed by atoms with Crippen LogP contribution >= 0.6 is 0 Å². The lowest BCUT2D eigenvalue weighted by atomic mass is 9.95. The minimum absolute atomic E-state index is 0.0573. The van der Waals surface area contributed by atoms with E-state index < -0.39 is 0 Å². The number of hydrogen-bond acceptors (Lipinski definition) is 6. The molecule has 180 valence electrons. The minimum Gasteiger partial charge on any atom is -0.484 e. The number of rotatable bonds is 10. The summed E-state index contributed by atoms with van der Waals surface area (Å²) in [6.07, 6.45) is 3.91. The van der Waals surface area contributed by atoms with E-state index in [0.717, 1.165) is 44.3 Å². The molecular formula is C27H33N3O4. The van der Waals surface area contributed by atoms with Crippen molar-refractivity contribution in [1.82, 2.24) is 10.2 Å². The maximum Gasteiger partial charge on any atom is 0.248 e. The van der Waals surface area contributed by atoms with Gasteiger partial charge in [0.1, 0.15) is 19.3 Å². The van der Waals surface area contributed by atoms with Crippen LogP contribution in [0.3, 0.4) is 0 Å². The Morgan fingerprint density at radius 2 is 2.00 bits per heavy atom. The zero-order chi connectivity index (χ0) is 23.8. The van der Waals surface area contributed by atoms with Crippen LogP contribution in [0.5, 0.6) is 11.5 Å². The molecule has 1 N–H and O–H groups in total. The second-order valence-corrected chi connectivity index (χ2v) is 8.93. The zero-order valence-corrected chi connectivity index (χ0v) is 19.7. The molecule has 2 aromatic carbocycles. The van der Waals surface area contributed by atoms with Crippen LogP contribution in [0, 0.1) is 17.2 Å². The molecule has 1 saturated heterocycles. The van der Waals surface area contributed by atoms with E-state index in [4.69, 9.17) is 19.5 Å². The third-order valence-corrected chi connectivity index (χ3v) is 6.48. The third kappa shape index (κ3) is 6.28. The highest BCUT2D eigenvalue weighted by Gasteiger charge is 2.28. The number of amides is 1. The van der Waals surface area contributed by atoms with Crippen molar-refractivity contribution in [2.24, 2.45) is 5.92 Å². The summed E-state index contributed by atoms with van der Waals surface area (Å²) in [7, 11) is 0. The first-order valence-corrected chi connectivity index (χ1v) is 12.2. The topological polar surface area (TPSA) is 83.8 Å². The van der Waals surface area contributed by atoms with Crippen LogP contribution in [0.15, 0.2) is 48.5 Å². The molecule has 0 aliphatic carbocycles. The molecule has 0 radical (unpaired) electrons. The van der Waals surface area contributed by atoms with Crippen LogP contribution in [0.25, 0.3) is 0 Å². The SMILES string of the molecule is CCCC(CCN[C@H]1COc2ccc(C#N)cc2O1)CCN1C[C@@H](c2ccccc2)OCC1=O. The second-order valence-electron chi connectivity index (χ2n) is 8.93.